The third-order valence-electron chi connectivity index (χ3n) is 5.65. The summed E-state index contributed by atoms with van der Waals surface area (Å²) >= 11 is 0. The Kier molecular flexibility index (Phi) is 4.19. The van der Waals surface area contributed by atoms with Crippen molar-refractivity contribution in [3.05, 3.63) is 71.8 Å². The number of benzene rings is 2. The largest absolute Gasteiger partial charge is 0.298 e. The number of Topliss-reactive ketones (excluding diaryl/α,β-unsaturated/α-hetero) is 1. The van der Waals surface area contributed by atoms with Crippen LogP contribution in [0.2, 0.25) is 0 Å². The average molecular weight is 347 g/mol. The van der Waals surface area contributed by atoms with Crippen LogP contribution in [0.1, 0.15) is 43.2 Å². The Morgan fingerprint density at radius 1 is 0.731 bits per heavy atom. The number of nitrogens with zero attached hydrogens (tertiary/aromatic N) is 1. The Hall–Kier alpha value is -2.75. The van der Waals surface area contributed by atoms with Crippen LogP contribution in [0.25, 0.3) is 0 Å². The standard InChI is InChI=1S/C22H21NO3/c24-19-20(25)23(18-14-8-3-9-15-18)21(26)22(19,16-10-4-1-5-11-16)17-12-6-2-7-13-17/h1-2,4-7,10-13,18H,3,8-9,14-15H2. The second kappa shape index (κ2) is 6.52. The third-order valence-corrected chi connectivity index (χ3v) is 5.65. The van der Waals surface area contributed by atoms with Crippen molar-refractivity contribution in [3.63, 3.8) is 0 Å². The van der Waals surface area contributed by atoms with E-state index in [0.29, 0.717) is 11.1 Å². The van der Waals surface area contributed by atoms with Crippen LogP contribution in [-0.4, -0.2) is 28.5 Å². The molecule has 4 nitrogen and oxygen atoms in total. The van der Waals surface area contributed by atoms with Crippen LogP contribution in [-0.2, 0) is 19.8 Å². The van der Waals surface area contributed by atoms with Gasteiger partial charge in [0.25, 0.3) is 11.8 Å². The van der Waals surface area contributed by atoms with Crippen molar-refractivity contribution < 1.29 is 14.4 Å². The van der Waals surface area contributed by atoms with E-state index in [1.165, 1.54) is 4.90 Å². The van der Waals surface area contributed by atoms with Crippen LogP contribution in [0.4, 0.5) is 0 Å². The van der Waals surface area contributed by atoms with E-state index in [2.05, 4.69) is 0 Å². The summed E-state index contributed by atoms with van der Waals surface area (Å²) in [7, 11) is 0. The SMILES string of the molecule is O=C1C(=O)C(c2ccccc2)(c2ccccc2)C(=O)N1C1CCCCC1. The van der Waals surface area contributed by atoms with Crippen LogP contribution in [0.3, 0.4) is 0 Å². The van der Waals surface area contributed by atoms with E-state index in [9.17, 15) is 14.4 Å². The minimum Gasteiger partial charge on any atom is -0.287 e. The fraction of sp³-hybridized carbons (Fsp3) is 0.318. The lowest BCUT2D eigenvalue weighted by atomic mass is 9.72. The molecule has 0 aromatic heterocycles. The van der Waals surface area contributed by atoms with Crippen molar-refractivity contribution in [2.75, 3.05) is 0 Å². The highest BCUT2D eigenvalue weighted by atomic mass is 16.2. The maximum atomic E-state index is 13.6. The van der Waals surface area contributed by atoms with E-state index in [1.807, 2.05) is 12.1 Å². The zero-order valence-corrected chi connectivity index (χ0v) is 14.6. The van der Waals surface area contributed by atoms with Crippen LogP contribution < -0.4 is 0 Å². The molecule has 1 aliphatic carbocycles. The molecule has 2 fully saturated rings. The highest BCUT2D eigenvalue weighted by Crippen LogP contribution is 2.42. The van der Waals surface area contributed by atoms with E-state index in [1.54, 1.807) is 48.5 Å². The monoisotopic (exact) mass is 347 g/mol. The van der Waals surface area contributed by atoms with Crippen LogP contribution in [0.15, 0.2) is 60.7 Å². The minimum atomic E-state index is -1.56. The second-order valence-electron chi connectivity index (χ2n) is 7.08. The topological polar surface area (TPSA) is 54.5 Å². The number of rotatable bonds is 3. The predicted molar refractivity (Wildman–Crippen MR) is 97.4 cm³/mol. The molecule has 0 radical (unpaired) electrons. The van der Waals surface area contributed by atoms with Crippen LogP contribution in [0, 0.1) is 0 Å². The normalized spacial score (nSPS) is 20.6. The fourth-order valence-corrected chi connectivity index (χ4v) is 4.36. The van der Waals surface area contributed by atoms with Gasteiger partial charge in [0.15, 0.2) is 5.41 Å². The Morgan fingerprint density at radius 3 is 1.73 bits per heavy atom. The third kappa shape index (κ3) is 2.32. The molecule has 0 spiro atoms. The molecule has 4 heteroatoms. The Balaban J connectivity index is 1.90. The number of carbonyl (C=O) groups excluding carboxylic acids is 3. The summed E-state index contributed by atoms with van der Waals surface area (Å²) < 4.78 is 0. The van der Waals surface area contributed by atoms with Crippen molar-refractivity contribution in [1.82, 2.24) is 4.90 Å². The van der Waals surface area contributed by atoms with Gasteiger partial charge in [-0.25, -0.2) is 0 Å². The molecule has 1 heterocycles. The number of imide groups is 1. The van der Waals surface area contributed by atoms with Crippen LogP contribution >= 0.6 is 0 Å². The molecule has 2 aromatic carbocycles. The van der Waals surface area contributed by atoms with Gasteiger partial charge >= 0.3 is 0 Å². The lowest BCUT2D eigenvalue weighted by Crippen LogP contribution is -2.45. The van der Waals surface area contributed by atoms with Gasteiger partial charge in [-0.05, 0) is 24.0 Å². The van der Waals surface area contributed by atoms with Crippen molar-refractivity contribution >= 4 is 17.6 Å². The zero-order valence-electron chi connectivity index (χ0n) is 14.6. The minimum absolute atomic E-state index is 0.165. The molecule has 4 rings (SSSR count). The number of ketones is 1. The summed E-state index contributed by atoms with van der Waals surface area (Å²) in [5.41, 5.74) is -0.433. The molecule has 0 unspecified atom stereocenters. The van der Waals surface area contributed by atoms with E-state index >= 15 is 0 Å². The lowest BCUT2D eigenvalue weighted by molar-refractivity contribution is -0.145. The van der Waals surface area contributed by atoms with E-state index in [-0.39, 0.29) is 6.04 Å². The maximum absolute atomic E-state index is 13.6. The molecule has 1 saturated heterocycles. The Morgan fingerprint density at radius 2 is 1.23 bits per heavy atom. The van der Waals surface area contributed by atoms with Gasteiger partial charge in [-0.1, -0.05) is 79.9 Å². The molecule has 0 bridgehead atoms. The molecule has 0 N–H and O–H groups in total. The summed E-state index contributed by atoms with van der Waals surface area (Å²) in [6, 6.07) is 17.8. The molecule has 1 aliphatic heterocycles. The van der Waals surface area contributed by atoms with Gasteiger partial charge in [-0.15, -0.1) is 0 Å². The number of amides is 2. The van der Waals surface area contributed by atoms with Crippen LogP contribution in [0.5, 0.6) is 0 Å². The highest BCUT2D eigenvalue weighted by molar-refractivity contribution is 6.53. The molecule has 2 aliphatic rings. The quantitative estimate of drug-likeness (QED) is 0.487. The molecule has 26 heavy (non-hydrogen) atoms. The van der Waals surface area contributed by atoms with Crippen molar-refractivity contribution in [1.29, 1.82) is 0 Å². The number of hydrogen-bond donors (Lipinski definition) is 0. The maximum Gasteiger partial charge on any atom is 0.298 e. The Labute approximate surface area is 152 Å². The summed E-state index contributed by atoms with van der Waals surface area (Å²) in [5.74, 6) is -1.68. The Bertz CT molecular complexity index is 799. The van der Waals surface area contributed by atoms with Gasteiger partial charge < -0.3 is 0 Å². The molecular weight excluding hydrogens is 326 g/mol. The summed E-state index contributed by atoms with van der Waals surface area (Å²) in [5, 5.41) is 0. The number of likely N-dealkylation sites (tertiary alicyclic amines) is 1. The number of carbonyl (C=O) groups is 3. The zero-order chi connectivity index (χ0) is 18.1. The van der Waals surface area contributed by atoms with Crippen molar-refractivity contribution in [3.8, 4) is 0 Å². The van der Waals surface area contributed by atoms with E-state index in [4.69, 9.17) is 0 Å². The molecule has 1 saturated carbocycles. The first-order valence-corrected chi connectivity index (χ1v) is 9.21. The number of hydrogen-bond acceptors (Lipinski definition) is 3. The lowest BCUT2D eigenvalue weighted by Gasteiger charge is -2.31. The molecular formula is C22H21NO3. The molecule has 2 amide bonds. The summed E-state index contributed by atoms with van der Waals surface area (Å²) in [4.78, 5) is 41.1. The average Bonchev–Trinajstić information content (AvgIpc) is 2.90. The van der Waals surface area contributed by atoms with Gasteiger partial charge in [0, 0.05) is 6.04 Å². The van der Waals surface area contributed by atoms with E-state index in [0.717, 1.165) is 32.1 Å². The first kappa shape index (κ1) is 16.7. The van der Waals surface area contributed by atoms with Gasteiger partial charge in [0.1, 0.15) is 0 Å². The van der Waals surface area contributed by atoms with Gasteiger partial charge in [0.05, 0.1) is 0 Å². The summed E-state index contributed by atoms with van der Waals surface area (Å²) in [6.07, 6.45) is 4.65. The molecule has 2 aromatic rings. The van der Waals surface area contributed by atoms with Gasteiger partial charge in [-0.2, -0.15) is 0 Å². The first-order valence-electron chi connectivity index (χ1n) is 9.21. The van der Waals surface area contributed by atoms with E-state index < -0.39 is 23.0 Å². The highest BCUT2D eigenvalue weighted by Gasteiger charge is 2.62. The first-order chi connectivity index (χ1) is 12.7. The smallest absolute Gasteiger partial charge is 0.287 e. The molecule has 0 atom stereocenters. The van der Waals surface area contributed by atoms with Crippen molar-refractivity contribution in [2.24, 2.45) is 0 Å². The second-order valence-corrected chi connectivity index (χ2v) is 7.08. The predicted octanol–water partition coefficient (Wildman–Crippen LogP) is 3.24. The van der Waals surface area contributed by atoms with Gasteiger partial charge in [-0.3, -0.25) is 19.3 Å². The fourth-order valence-electron chi connectivity index (χ4n) is 4.36. The summed E-state index contributed by atoms with van der Waals surface area (Å²) in [6.45, 7) is 0. The van der Waals surface area contributed by atoms with Gasteiger partial charge in [0.2, 0.25) is 5.78 Å². The molecule has 132 valence electrons. The van der Waals surface area contributed by atoms with Crippen molar-refractivity contribution in [2.45, 2.75) is 43.6 Å².